The molecular weight excluding hydrogens is 354 g/mol. The maximum absolute atomic E-state index is 13.1. The molecule has 1 aromatic rings. The minimum absolute atomic E-state index is 0.0267. The molecule has 1 saturated carbocycles. The molecular formula is C18H21N3O6. The zero-order valence-corrected chi connectivity index (χ0v) is 15.0. The number of non-ortho nitro benzene ring substituents is 1. The molecule has 1 N–H and O–H groups in total. The van der Waals surface area contributed by atoms with Crippen molar-refractivity contribution in [2.45, 2.75) is 51.3 Å². The van der Waals surface area contributed by atoms with Gasteiger partial charge in [0.2, 0.25) is 0 Å². The van der Waals surface area contributed by atoms with Crippen molar-refractivity contribution in [3.8, 4) is 5.75 Å². The molecule has 1 aromatic carbocycles. The summed E-state index contributed by atoms with van der Waals surface area (Å²) in [5.41, 5.74) is -0.00417. The molecule has 9 nitrogen and oxygen atoms in total. The summed E-state index contributed by atoms with van der Waals surface area (Å²) in [5, 5.41) is 14.1. The van der Waals surface area contributed by atoms with Gasteiger partial charge in [0, 0.05) is 23.3 Å². The second-order valence-corrected chi connectivity index (χ2v) is 7.40. The minimum atomic E-state index is -0.861. The monoisotopic (exact) mass is 375 g/mol. The van der Waals surface area contributed by atoms with Gasteiger partial charge in [0.05, 0.1) is 18.1 Å². The normalized spacial score (nSPS) is 27.3. The fraction of sp³-hybridized carbons (Fsp3) is 0.556. The number of nitrogens with one attached hydrogen (secondary N) is 1. The Labute approximate surface area is 155 Å². The average molecular weight is 375 g/mol. The van der Waals surface area contributed by atoms with Gasteiger partial charge >= 0.3 is 6.03 Å². The maximum Gasteiger partial charge on any atom is 0.325 e. The molecule has 144 valence electrons. The summed E-state index contributed by atoms with van der Waals surface area (Å²) in [4.78, 5) is 37.6. The summed E-state index contributed by atoms with van der Waals surface area (Å²) >= 11 is 0. The van der Waals surface area contributed by atoms with E-state index < -0.39 is 16.5 Å². The van der Waals surface area contributed by atoms with Gasteiger partial charge in [-0.3, -0.25) is 19.8 Å². The van der Waals surface area contributed by atoms with E-state index >= 15 is 0 Å². The number of nitrogens with zero attached hydrogens (tertiary/aromatic N) is 2. The molecule has 1 spiro atoms. The third-order valence-electron chi connectivity index (χ3n) is 5.81. The summed E-state index contributed by atoms with van der Waals surface area (Å²) in [5.74, 6) is 0.244. The highest BCUT2D eigenvalue weighted by atomic mass is 16.7. The van der Waals surface area contributed by atoms with Gasteiger partial charge < -0.3 is 14.8 Å². The van der Waals surface area contributed by atoms with Gasteiger partial charge in [-0.15, -0.1) is 0 Å². The average Bonchev–Trinajstić information content (AvgIpc) is 2.89. The van der Waals surface area contributed by atoms with Crippen molar-refractivity contribution in [1.29, 1.82) is 0 Å². The van der Waals surface area contributed by atoms with Crippen molar-refractivity contribution < 1.29 is 24.0 Å². The smallest absolute Gasteiger partial charge is 0.325 e. The fourth-order valence-electron chi connectivity index (χ4n) is 4.31. The molecule has 27 heavy (non-hydrogen) atoms. The van der Waals surface area contributed by atoms with E-state index in [1.807, 2.05) is 6.92 Å². The first kappa shape index (κ1) is 17.7. The first-order chi connectivity index (χ1) is 12.9. The Bertz CT molecular complexity index is 826. The molecule has 2 fully saturated rings. The number of fused-ring (bicyclic) bond motifs is 1. The van der Waals surface area contributed by atoms with E-state index in [-0.39, 0.29) is 37.5 Å². The van der Waals surface area contributed by atoms with E-state index in [1.165, 1.54) is 12.1 Å². The molecule has 4 rings (SSSR count). The number of urea groups is 1. The van der Waals surface area contributed by atoms with Crippen molar-refractivity contribution in [3.05, 3.63) is 33.4 Å². The Morgan fingerprint density at radius 3 is 2.93 bits per heavy atom. The zero-order valence-electron chi connectivity index (χ0n) is 15.0. The van der Waals surface area contributed by atoms with Crippen molar-refractivity contribution in [2.24, 2.45) is 5.92 Å². The standard InChI is InChI=1S/C18H21N3O6/c1-11-4-2-3-5-18(11)16(22)20(17(23)19-18)8-12-6-14(21(24)25)7-13-9-26-10-27-15(12)13/h6-7,11H,2-5,8-10H2,1H3,(H,19,23). The lowest BCUT2D eigenvalue weighted by Gasteiger charge is -2.36. The van der Waals surface area contributed by atoms with Crippen molar-refractivity contribution >= 4 is 17.6 Å². The molecule has 2 aliphatic heterocycles. The summed E-state index contributed by atoms with van der Waals surface area (Å²) in [6.07, 6.45) is 3.42. The third kappa shape index (κ3) is 2.82. The van der Waals surface area contributed by atoms with Gasteiger partial charge in [0.15, 0.2) is 6.79 Å². The van der Waals surface area contributed by atoms with E-state index in [2.05, 4.69) is 5.32 Å². The van der Waals surface area contributed by atoms with Crippen LogP contribution in [0, 0.1) is 16.0 Å². The van der Waals surface area contributed by atoms with E-state index in [0.29, 0.717) is 23.3 Å². The van der Waals surface area contributed by atoms with Gasteiger partial charge in [-0.25, -0.2) is 4.79 Å². The van der Waals surface area contributed by atoms with Crippen LogP contribution in [0.15, 0.2) is 12.1 Å². The maximum atomic E-state index is 13.1. The third-order valence-corrected chi connectivity index (χ3v) is 5.81. The molecule has 9 heteroatoms. The number of hydrogen-bond donors (Lipinski definition) is 1. The number of amides is 3. The van der Waals surface area contributed by atoms with Crippen LogP contribution in [0.4, 0.5) is 10.5 Å². The summed E-state index contributed by atoms with van der Waals surface area (Å²) < 4.78 is 10.7. The van der Waals surface area contributed by atoms with Gasteiger partial charge in [0.25, 0.3) is 11.6 Å². The van der Waals surface area contributed by atoms with Gasteiger partial charge in [-0.1, -0.05) is 19.8 Å². The van der Waals surface area contributed by atoms with Crippen LogP contribution < -0.4 is 10.1 Å². The van der Waals surface area contributed by atoms with E-state index in [4.69, 9.17) is 9.47 Å². The SMILES string of the molecule is CC1CCCCC12NC(=O)N(Cc1cc([N+](=O)[O-])cc3c1OCOC3)C2=O. The number of benzene rings is 1. The van der Waals surface area contributed by atoms with Crippen LogP contribution in [0.25, 0.3) is 0 Å². The van der Waals surface area contributed by atoms with Crippen LogP contribution in [0.2, 0.25) is 0 Å². The highest BCUT2D eigenvalue weighted by Gasteiger charge is 2.54. The molecule has 2 heterocycles. The van der Waals surface area contributed by atoms with Gasteiger partial charge in [0.1, 0.15) is 11.3 Å². The molecule has 1 saturated heterocycles. The van der Waals surface area contributed by atoms with Crippen LogP contribution in [-0.2, 0) is 22.7 Å². The van der Waals surface area contributed by atoms with Crippen LogP contribution in [0.1, 0.15) is 43.7 Å². The van der Waals surface area contributed by atoms with Crippen LogP contribution in [0.5, 0.6) is 5.75 Å². The lowest BCUT2D eigenvalue weighted by molar-refractivity contribution is -0.385. The Morgan fingerprint density at radius 1 is 1.37 bits per heavy atom. The molecule has 0 aromatic heterocycles. The van der Waals surface area contributed by atoms with Crippen LogP contribution in [-0.4, -0.2) is 34.1 Å². The van der Waals surface area contributed by atoms with Gasteiger partial charge in [-0.05, 0) is 18.8 Å². The number of imide groups is 1. The Hall–Kier alpha value is -2.68. The van der Waals surface area contributed by atoms with Crippen LogP contribution >= 0.6 is 0 Å². The first-order valence-corrected chi connectivity index (χ1v) is 9.07. The minimum Gasteiger partial charge on any atom is -0.467 e. The summed E-state index contributed by atoms with van der Waals surface area (Å²) in [6, 6.07) is 2.30. The lowest BCUT2D eigenvalue weighted by Crippen LogP contribution is -2.53. The van der Waals surface area contributed by atoms with E-state index in [0.717, 1.165) is 24.2 Å². The lowest BCUT2D eigenvalue weighted by atomic mass is 9.73. The number of ether oxygens (including phenoxy) is 2. The number of carbonyl (C=O) groups excluding carboxylic acids is 2. The number of rotatable bonds is 3. The second-order valence-electron chi connectivity index (χ2n) is 7.40. The van der Waals surface area contributed by atoms with Crippen molar-refractivity contribution in [2.75, 3.05) is 6.79 Å². The highest BCUT2D eigenvalue weighted by molar-refractivity contribution is 6.07. The second kappa shape index (κ2) is 6.49. The number of hydrogen-bond acceptors (Lipinski definition) is 6. The predicted molar refractivity (Wildman–Crippen MR) is 92.8 cm³/mol. The van der Waals surface area contributed by atoms with Gasteiger partial charge in [-0.2, -0.15) is 0 Å². The number of nitro benzene ring substituents is 1. The predicted octanol–water partition coefficient (Wildman–Crippen LogP) is 2.46. The van der Waals surface area contributed by atoms with E-state index in [1.54, 1.807) is 0 Å². The Kier molecular flexibility index (Phi) is 4.26. The fourth-order valence-corrected chi connectivity index (χ4v) is 4.31. The zero-order chi connectivity index (χ0) is 19.2. The van der Waals surface area contributed by atoms with Crippen LogP contribution in [0.3, 0.4) is 0 Å². The van der Waals surface area contributed by atoms with Crippen molar-refractivity contribution in [1.82, 2.24) is 10.2 Å². The Balaban J connectivity index is 1.68. The molecule has 2 atom stereocenters. The molecule has 3 amide bonds. The molecule has 0 bridgehead atoms. The quantitative estimate of drug-likeness (QED) is 0.493. The van der Waals surface area contributed by atoms with Crippen molar-refractivity contribution in [3.63, 3.8) is 0 Å². The Morgan fingerprint density at radius 2 is 2.19 bits per heavy atom. The molecule has 2 unspecified atom stereocenters. The van der Waals surface area contributed by atoms with E-state index in [9.17, 15) is 19.7 Å². The molecule has 1 aliphatic carbocycles. The highest BCUT2D eigenvalue weighted by Crippen LogP contribution is 2.40. The largest absolute Gasteiger partial charge is 0.467 e. The number of nitro groups is 1. The summed E-state index contributed by atoms with van der Waals surface area (Å²) in [7, 11) is 0. The molecule has 3 aliphatic rings. The first-order valence-electron chi connectivity index (χ1n) is 9.07. The topological polar surface area (TPSA) is 111 Å². The molecule has 0 radical (unpaired) electrons. The summed E-state index contributed by atoms with van der Waals surface area (Å²) in [6.45, 7) is 2.13. The number of carbonyl (C=O) groups is 2.